The molecule has 1 saturated carbocycles. The number of nitrogens with one attached hydrogen (secondary N) is 2. The molecule has 4 N–H and O–H groups in total. The molecule has 1 aromatic rings. The van der Waals surface area contributed by atoms with Gasteiger partial charge in [0.05, 0.1) is 5.56 Å². The molecule has 0 heterocycles. The molecule has 0 aromatic heterocycles. The summed E-state index contributed by atoms with van der Waals surface area (Å²) in [5, 5.41) is 5.58. The van der Waals surface area contributed by atoms with E-state index in [0.717, 1.165) is 31.7 Å². The Hall–Kier alpha value is -1.18. The highest BCUT2D eigenvalue weighted by Gasteiger charge is 2.20. The molecule has 1 aliphatic rings. The monoisotopic (exact) mass is 421 g/mol. The van der Waals surface area contributed by atoms with E-state index in [1.807, 2.05) is 0 Å². The molecule has 0 atom stereocenters. The second-order valence-electron chi connectivity index (χ2n) is 5.81. The number of halogens is 3. The second-order valence-corrected chi connectivity index (χ2v) is 6.66. The molecule has 24 heavy (non-hydrogen) atoms. The lowest BCUT2D eigenvalue weighted by atomic mass is 9.92. The summed E-state index contributed by atoms with van der Waals surface area (Å²) < 4.78 is 13.7. The molecule has 134 valence electrons. The van der Waals surface area contributed by atoms with Gasteiger partial charge >= 0.3 is 0 Å². The van der Waals surface area contributed by atoms with Crippen molar-refractivity contribution in [2.75, 3.05) is 6.54 Å². The Balaban J connectivity index is 0.00000288. The van der Waals surface area contributed by atoms with Crippen molar-refractivity contribution in [2.45, 2.75) is 44.2 Å². The van der Waals surface area contributed by atoms with Crippen LogP contribution in [0.1, 0.15) is 42.5 Å². The summed E-state index contributed by atoms with van der Waals surface area (Å²) in [4.78, 5) is 23.8. The molecule has 1 aliphatic carbocycles. The fourth-order valence-corrected chi connectivity index (χ4v) is 3.05. The van der Waals surface area contributed by atoms with Crippen LogP contribution >= 0.6 is 28.3 Å². The number of hydrogen-bond acceptors (Lipinski definition) is 3. The first-order valence-corrected chi connectivity index (χ1v) is 8.53. The first-order chi connectivity index (χ1) is 11.0. The van der Waals surface area contributed by atoms with Crippen molar-refractivity contribution in [3.63, 3.8) is 0 Å². The maximum Gasteiger partial charge on any atom is 0.252 e. The van der Waals surface area contributed by atoms with Gasteiger partial charge in [-0.3, -0.25) is 9.59 Å². The number of benzene rings is 1. The van der Waals surface area contributed by atoms with E-state index in [4.69, 9.17) is 5.73 Å². The van der Waals surface area contributed by atoms with Gasteiger partial charge in [0.1, 0.15) is 5.82 Å². The van der Waals surface area contributed by atoms with E-state index < -0.39 is 11.7 Å². The first kappa shape index (κ1) is 20.9. The molecule has 2 rings (SSSR count). The molecular weight excluding hydrogens is 401 g/mol. The number of carbonyl (C=O) groups is 2. The molecular formula is C16H22BrClFN3O2. The third-order valence-electron chi connectivity index (χ3n) is 3.95. The van der Waals surface area contributed by atoms with Crippen molar-refractivity contribution in [2.24, 2.45) is 5.73 Å². The van der Waals surface area contributed by atoms with Gasteiger partial charge in [-0.05, 0) is 59.8 Å². The minimum atomic E-state index is -0.480. The van der Waals surface area contributed by atoms with Crippen molar-refractivity contribution in [1.82, 2.24) is 10.6 Å². The van der Waals surface area contributed by atoms with E-state index in [-0.39, 0.29) is 48.9 Å². The lowest BCUT2D eigenvalue weighted by molar-refractivity contribution is -0.121. The summed E-state index contributed by atoms with van der Waals surface area (Å²) in [7, 11) is 0. The molecule has 1 aromatic carbocycles. The standard InChI is InChI=1S/C16H21BrFN3O2.ClH/c17-14-6-1-10(18)9-13(14)16(23)20-8-7-15(22)21-12-4-2-11(19)3-5-12;/h1,6,9,11-12H,2-5,7-8,19H2,(H,20,23)(H,21,22);1H. The molecule has 0 aliphatic heterocycles. The average molecular weight is 423 g/mol. The van der Waals surface area contributed by atoms with Crippen LogP contribution in [-0.4, -0.2) is 30.4 Å². The first-order valence-electron chi connectivity index (χ1n) is 7.74. The van der Waals surface area contributed by atoms with Crippen LogP contribution in [-0.2, 0) is 4.79 Å². The van der Waals surface area contributed by atoms with Gasteiger partial charge in [-0.1, -0.05) is 0 Å². The van der Waals surface area contributed by atoms with Crippen LogP contribution < -0.4 is 16.4 Å². The predicted octanol–water partition coefficient (Wildman–Crippen LogP) is 2.52. The van der Waals surface area contributed by atoms with Gasteiger partial charge in [0, 0.05) is 29.5 Å². The third-order valence-corrected chi connectivity index (χ3v) is 4.64. The van der Waals surface area contributed by atoms with Gasteiger partial charge < -0.3 is 16.4 Å². The molecule has 2 amide bonds. The summed E-state index contributed by atoms with van der Waals surface area (Å²) in [6.07, 6.45) is 3.84. The fourth-order valence-electron chi connectivity index (χ4n) is 2.62. The van der Waals surface area contributed by atoms with E-state index in [2.05, 4.69) is 26.6 Å². The number of carbonyl (C=O) groups excluding carboxylic acids is 2. The zero-order chi connectivity index (χ0) is 16.8. The van der Waals surface area contributed by atoms with Crippen LogP contribution in [0.25, 0.3) is 0 Å². The van der Waals surface area contributed by atoms with Crippen LogP contribution in [0.5, 0.6) is 0 Å². The quantitative estimate of drug-likeness (QED) is 0.682. The zero-order valence-corrected chi connectivity index (χ0v) is 15.6. The molecule has 5 nitrogen and oxygen atoms in total. The maximum atomic E-state index is 13.2. The lowest BCUT2D eigenvalue weighted by Crippen LogP contribution is -2.41. The number of hydrogen-bond donors (Lipinski definition) is 3. The topological polar surface area (TPSA) is 84.2 Å². The van der Waals surface area contributed by atoms with Crippen LogP contribution in [0.15, 0.2) is 22.7 Å². The number of nitrogens with two attached hydrogens (primary N) is 1. The van der Waals surface area contributed by atoms with Crippen molar-refractivity contribution in [3.05, 3.63) is 34.1 Å². The van der Waals surface area contributed by atoms with E-state index in [1.54, 1.807) is 0 Å². The van der Waals surface area contributed by atoms with Gasteiger partial charge in [-0.25, -0.2) is 4.39 Å². The zero-order valence-electron chi connectivity index (χ0n) is 13.2. The van der Waals surface area contributed by atoms with Crippen LogP contribution in [0.3, 0.4) is 0 Å². The normalized spacial score (nSPS) is 20.0. The second kappa shape index (κ2) is 9.96. The van der Waals surface area contributed by atoms with Crippen LogP contribution in [0.4, 0.5) is 4.39 Å². The predicted molar refractivity (Wildman–Crippen MR) is 96.7 cm³/mol. The molecule has 1 fully saturated rings. The molecule has 0 spiro atoms. The third kappa shape index (κ3) is 6.37. The molecule has 0 bridgehead atoms. The Bertz CT molecular complexity index is 580. The van der Waals surface area contributed by atoms with Gasteiger partial charge in [0.25, 0.3) is 5.91 Å². The lowest BCUT2D eigenvalue weighted by Gasteiger charge is -2.26. The van der Waals surface area contributed by atoms with E-state index in [1.165, 1.54) is 12.1 Å². The highest BCUT2D eigenvalue weighted by atomic mass is 79.9. The molecule has 8 heteroatoms. The minimum absolute atomic E-state index is 0. The SMILES string of the molecule is Cl.NC1CCC(NC(=O)CCNC(=O)c2cc(F)ccc2Br)CC1. The Morgan fingerprint density at radius 3 is 2.58 bits per heavy atom. The summed E-state index contributed by atoms with van der Waals surface area (Å²) in [5.41, 5.74) is 6.04. The summed E-state index contributed by atoms with van der Waals surface area (Å²) >= 11 is 3.21. The van der Waals surface area contributed by atoms with Gasteiger partial charge in [0.15, 0.2) is 0 Å². The van der Waals surface area contributed by atoms with E-state index in [0.29, 0.717) is 4.47 Å². The smallest absolute Gasteiger partial charge is 0.252 e. The van der Waals surface area contributed by atoms with Crippen molar-refractivity contribution in [1.29, 1.82) is 0 Å². The largest absolute Gasteiger partial charge is 0.353 e. The maximum absolute atomic E-state index is 13.2. The number of rotatable bonds is 5. The summed E-state index contributed by atoms with van der Waals surface area (Å²) in [5.74, 6) is -0.983. The Morgan fingerprint density at radius 2 is 1.92 bits per heavy atom. The average Bonchev–Trinajstić information content (AvgIpc) is 2.52. The van der Waals surface area contributed by atoms with Crippen molar-refractivity contribution in [3.8, 4) is 0 Å². The Labute approximate surface area is 155 Å². The Kier molecular flexibility index (Phi) is 8.66. The van der Waals surface area contributed by atoms with E-state index in [9.17, 15) is 14.0 Å². The van der Waals surface area contributed by atoms with Gasteiger partial charge in [0.2, 0.25) is 5.91 Å². The fraction of sp³-hybridized carbons (Fsp3) is 0.500. The Morgan fingerprint density at radius 1 is 1.25 bits per heavy atom. The molecule has 0 unspecified atom stereocenters. The minimum Gasteiger partial charge on any atom is -0.353 e. The molecule has 0 radical (unpaired) electrons. The summed E-state index contributed by atoms with van der Waals surface area (Å²) in [6.45, 7) is 0.208. The summed E-state index contributed by atoms with van der Waals surface area (Å²) in [6, 6.07) is 4.32. The molecule has 0 saturated heterocycles. The highest BCUT2D eigenvalue weighted by Crippen LogP contribution is 2.18. The van der Waals surface area contributed by atoms with Crippen molar-refractivity contribution < 1.29 is 14.0 Å². The van der Waals surface area contributed by atoms with Crippen molar-refractivity contribution >= 4 is 40.2 Å². The van der Waals surface area contributed by atoms with E-state index >= 15 is 0 Å². The van der Waals surface area contributed by atoms with Crippen LogP contribution in [0, 0.1) is 5.82 Å². The van der Waals surface area contributed by atoms with Crippen LogP contribution in [0.2, 0.25) is 0 Å². The van der Waals surface area contributed by atoms with Gasteiger partial charge in [-0.2, -0.15) is 0 Å². The number of amides is 2. The highest BCUT2D eigenvalue weighted by molar-refractivity contribution is 9.10. The van der Waals surface area contributed by atoms with Gasteiger partial charge in [-0.15, -0.1) is 12.4 Å².